The molecule has 0 unspecified atom stereocenters. The lowest BCUT2D eigenvalue weighted by atomic mass is 10.0. The zero-order valence-corrected chi connectivity index (χ0v) is 13.3. The Hall–Kier alpha value is -1.14. The summed E-state index contributed by atoms with van der Waals surface area (Å²) < 4.78 is 0. The second-order valence-electron chi connectivity index (χ2n) is 6.74. The molecule has 2 aliphatic rings. The molecule has 0 aromatic carbocycles. The lowest BCUT2D eigenvalue weighted by Crippen LogP contribution is -2.48. The highest BCUT2D eigenvalue weighted by molar-refractivity contribution is 5.87. The smallest absolute Gasteiger partial charge is 0.239 e. The zero-order chi connectivity index (χ0) is 15.6. The number of hydrogen-bond donors (Lipinski definition) is 3. The third kappa shape index (κ3) is 3.74. The lowest BCUT2D eigenvalue weighted by molar-refractivity contribution is -0.127. The molecule has 0 aromatic rings. The van der Waals surface area contributed by atoms with Crippen molar-refractivity contribution in [3.8, 4) is 0 Å². The van der Waals surface area contributed by atoms with Crippen molar-refractivity contribution in [2.24, 2.45) is 11.1 Å². The summed E-state index contributed by atoms with van der Waals surface area (Å²) in [5.74, 6) is -0.377. The molecule has 2 amide bonds. The maximum atomic E-state index is 12.0. The summed E-state index contributed by atoms with van der Waals surface area (Å²) >= 11 is 0. The average Bonchev–Trinajstić information content (AvgIpc) is 3.13. The van der Waals surface area contributed by atoms with E-state index in [1.807, 2.05) is 6.92 Å². The molecule has 1 saturated carbocycles. The van der Waals surface area contributed by atoms with Gasteiger partial charge in [0.05, 0.1) is 12.6 Å². The Morgan fingerprint density at radius 1 is 1.38 bits per heavy atom. The molecule has 2 fully saturated rings. The Morgan fingerprint density at radius 3 is 2.57 bits per heavy atom. The van der Waals surface area contributed by atoms with Gasteiger partial charge >= 0.3 is 0 Å². The van der Waals surface area contributed by atoms with Crippen molar-refractivity contribution >= 4 is 11.8 Å². The van der Waals surface area contributed by atoms with Crippen LogP contribution in [0.1, 0.15) is 40.0 Å². The molecule has 0 aromatic heterocycles. The molecule has 6 nitrogen and oxygen atoms in total. The van der Waals surface area contributed by atoms with Gasteiger partial charge in [-0.15, -0.1) is 0 Å². The van der Waals surface area contributed by atoms with Crippen molar-refractivity contribution in [2.45, 2.75) is 58.2 Å². The first-order valence-corrected chi connectivity index (χ1v) is 7.94. The van der Waals surface area contributed by atoms with Crippen LogP contribution in [0.3, 0.4) is 0 Å². The third-order valence-corrected chi connectivity index (χ3v) is 4.83. The van der Waals surface area contributed by atoms with E-state index in [0.717, 1.165) is 13.1 Å². The summed E-state index contributed by atoms with van der Waals surface area (Å²) in [6.07, 6.45) is 2.95. The van der Waals surface area contributed by atoms with Gasteiger partial charge in [0.25, 0.3) is 0 Å². The summed E-state index contributed by atoms with van der Waals surface area (Å²) in [6, 6.07) is 0.186. The Bertz CT molecular complexity index is 406. The fraction of sp³-hybridized carbons (Fsp3) is 0.867. The minimum Gasteiger partial charge on any atom is -0.350 e. The van der Waals surface area contributed by atoms with Crippen LogP contribution in [0.25, 0.3) is 0 Å². The molecule has 1 aliphatic heterocycles. The second kappa shape index (κ2) is 6.32. The fourth-order valence-electron chi connectivity index (χ4n) is 3.00. The summed E-state index contributed by atoms with van der Waals surface area (Å²) in [4.78, 5) is 26.0. The molecular formula is C15H28N4O2. The van der Waals surface area contributed by atoms with Crippen molar-refractivity contribution in [2.75, 3.05) is 19.6 Å². The number of carbonyl (C=O) groups excluding carboxylic acids is 2. The third-order valence-electron chi connectivity index (χ3n) is 4.83. The number of nitrogens with zero attached hydrogens (tertiary/aromatic N) is 1. The highest BCUT2D eigenvalue weighted by Gasteiger charge is 2.55. The Labute approximate surface area is 126 Å². The molecule has 0 radical (unpaired) electrons. The number of nitrogens with two attached hydrogens (primary N) is 1. The van der Waals surface area contributed by atoms with Gasteiger partial charge in [-0.05, 0) is 33.1 Å². The van der Waals surface area contributed by atoms with Crippen molar-refractivity contribution in [1.29, 1.82) is 0 Å². The second-order valence-corrected chi connectivity index (χ2v) is 6.74. The summed E-state index contributed by atoms with van der Waals surface area (Å²) in [7, 11) is 0. The van der Waals surface area contributed by atoms with E-state index in [-0.39, 0.29) is 29.8 Å². The van der Waals surface area contributed by atoms with Gasteiger partial charge in [-0.3, -0.25) is 14.5 Å². The normalized spacial score (nSPS) is 25.1. The number of hydrogen-bond acceptors (Lipinski definition) is 4. The first-order chi connectivity index (χ1) is 9.88. The highest BCUT2D eigenvalue weighted by atomic mass is 16.2. The number of carbonyl (C=O) groups is 2. The molecule has 2 rings (SSSR count). The predicted molar refractivity (Wildman–Crippen MR) is 81.6 cm³/mol. The molecule has 1 heterocycles. The predicted octanol–water partition coefficient (Wildman–Crippen LogP) is -0.171. The SMILES string of the molecule is CC[C@H](N)C(=O)NCC(=O)N[C@H]1CN(C(C)C)CC12CC2. The molecule has 1 saturated heterocycles. The van der Waals surface area contributed by atoms with Gasteiger partial charge in [0.2, 0.25) is 11.8 Å². The van der Waals surface area contributed by atoms with Gasteiger partial charge < -0.3 is 16.4 Å². The number of rotatable bonds is 6. The molecule has 4 N–H and O–H groups in total. The van der Waals surface area contributed by atoms with E-state index in [9.17, 15) is 9.59 Å². The van der Waals surface area contributed by atoms with Gasteiger partial charge in [-0.25, -0.2) is 0 Å². The average molecular weight is 296 g/mol. The van der Waals surface area contributed by atoms with E-state index in [0.29, 0.717) is 12.5 Å². The molecule has 120 valence electrons. The molecule has 21 heavy (non-hydrogen) atoms. The van der Waals surface area contributed by atoms with Crippen LogP contribution < -0.4 is 16.4 Å². The molecule has 1 aliphatic carbocycles. The largest absolute Gasteiger partial charge is 0.350 e. The van der Waals surface area contributed by atoms with Crippen molar-refractivity contribution in [3.05, 3.63) is 0 Å². The van der Waals surface area contributed by atoms with Crippen molar-refractivity contribution in [1.82, 2.24) is 15.5 Å². The Kier molecular flexibility index (Phi) is 4.88. The minimum atomic E-state index is -0.532. The monoisotopic (exact) mass is 296 g/mol. The van der Waals surface area contributed by atoms with E-state index in [4.69, 9.17) is 5.73 Å². The standard InChI is InChI=1S/C15H28N4O2/c1-4-11(16)14(21)17-7-13(20)18-12-8-19(10(2)3)9-15(12)5-6-15/h10-12H,4-9,16H2,1-3H3,(H,17,21)(H,18,20)/t11-,12-/m0/s1. The summed E-state index contributed by atoms with van der Waals surface area (Å²) in [5.41, 5.74) is 5.90. The first kappa shape index (κ1) is 16.2. The maximum absolute atomic E-state index is 12.0. The maximum Gasteiger partial charge on any atom is 0.239 e. The summed E-state index contributed by atoms with van der Waals surface area (Å²) in [5, 5.41) is 5.69. The van der Waals surface area contributed by atoms with Crippen LogP contribution in [0, 0.1) is 5.41 Å². The van der Waals surface area contributed by atoms with Gasteiger partial charge in [0.15, 0.2) is 0 Å². The van der Waals surface area contributed by atoms with E-state index in [1.165, 1.54) is 12.8 Å². The quantitative estimate of drug-likeness (QED) is 0.635. The van der Waals surface area contributed by atoms with Gasteiger partial charge in [-0.2, -0.15) is 0 Å². The lowest BCUT2D eigenvalue weighted by Gasteiger charge is -2.20. The van der Waals surface area contributed by atoms with E-state index < -0.39 is 6.04 Å². The van der Waals surface area contributed by atoms with Crippen LogP contribution in [0.2, 0.25) is 0 Å². The van der Waals surface area contributed by atoms with Crippen LogP contribution in [0.4, 0.5) is 0 Å². The van der Waals surface area contributed by atoms with E-state index in [2.05, 4.69) is 29.4 Å². The molecule has 6 heteroatoms. The zero-order valence-electron chi connectivity index (χ0n) is 13.3. The van der Waals surface area contributed by atoms with E-state index >= 15 is 0 Å². The van der Waals surface area contributed by atoms with Gasteiger partial charge in [0.1, 0.15) is 0 Å². The topological polar surface area (TPSA) is 87.5 Å². The van der Waals surface area contributed by atoms with Crippen LogP contribution in [-0.4, -0.2) is 54.5 Å². The minimum absolute atomic E-state index is 0.0147. The number of amides is 2. The van der Waals surface area contributed by atoms with Crippen LogP contribution >= 0.6 is 0 Å². The van der Waals surface area contributed by atoms with Gasteiger partial charge in [-0.1, -0.05) is 6.92 Å². The molecule has 1 spiro atoms. The first-order valence-electron chi connectivity index (χ1n) is 7.94. The number of nitrogens with one attached hydrogen (secondary N) is 2. The fourth-order valence-corrected chi connectivity index (χ4v) is 3.00. The summed E-state index contributed by atoms with van der Waals surface area (Å²) in [6.45, 7) is 8.22. The molecule has 2 atom stereocenters. The van der Waals surface area contributed by atoms with Crippen molar-refractivity contribution in [3.63, 3.8) is 0 Å². The van der Waals surface area contributed by atoms with Crippen LogP contribution in [0.15, 0.2) is 0 Å². The Morgan fingerprint density at radius 2 is 2.05 bits per heavy atom. The van der Waals surface area contributed by atoms with E-state index in [1.54, 1.807) is 0 Å². The van der Waals surface area contributed by atoms with Gasteiger partial charge in [0, 0.05) is 30.6 Å². The molecular weight excluding hydrogens is 268 g/mol. The van der Waals surface area contributed by atoms with Crippen molar-refractivity contribution < 1.29 is 9.59 Å². The van der Waals surface area contributed by atoms with Crippen LogP contribution in [-0.2, 0) is 9.59 Å². The Balaban J connectivity index is 1.79. The van der Waals surface area contributed by atoms with Crippen LogP contribution in [0.5, 0.6) is 0 Å². The highest BCUT2D eigenvalue weighted by Crippen LogP contribution is 2.53. The number of likely N-dealkylation sites (tertiary alicyclic amines) is 1. The molecule has 0 bridgehead atoms.